The second-order valence-electron chi connectivity index (χ2n) is 4.57. The van der Waals surface area contributed by atoms with E-state index in [2.05, 4.69) is 10.4 Å². The predicted octanol–water partition coefficient (Wildman–Crippen LogP) is 2.41. The highest BCUT2D eigenvalue weighted by Crippen LogP contribution is 2.19. The molecule has 2 aromatic carbocycles. The number of nitrogens with two attached hydrogens (primary N) is 1. The Morgan fingerprint density at radius 1 is 1.15 bits per heavy atom. The number of fused-ring (bicyclic) bond motifs is 1. The first-order valence-corrected chi connectivity index (χ1v) is 6.24. The zero-order valence-electron chi connectivity index (χ0n) is 11.0. The van der Waals surface area contributed by atoms with Gasteiger partial charge in [0.25, 0.3) is 5.91 Å². The van der Waals surface area contributed by atoms with E-state index in [1.54, 1.807) is 28.9 Å². The number of nitrogen functional groups attached to an aromatic ring is 1. The van der Waals surface area contributed by atoms with Crippen molar-refractivity contribution in [3.63, 3.8) is 0 Å². The van der Waals surface area contributed by atoms with Crippen LogP contribution in [0.2, 0.25) is 0 Å². The van der Waals surface area contributed by atoms with E-state index in [1.165, 1.54) is 0 Å². The predicted molar refractivity (Wildman–Crippen MR) is 79.5 cm³/mol. The Morgan fingerprint density at radius 2 is 1.85 bits per heavy atom. The van der Waals surface area contributed by atoms with Gasteiger partial charge >= 0.3 is 0 Å². The summed E-state index contributed by atoms with van der Waals surface area (Å²) in [7, 11) is 1.82. The number of amides is 1. The number of aromatic nitrogens is 2. The van der Waals surface area contributed by atoms with Gasteiger partial charge in [-0.2, -0.15) is 5.10 Å². The van der Waals surface area contributed by atoms with Crippen molar-refractivity contribution in [2.24, 2.45) is 7.05 Å². The molecule has 3 aromatic rings. The maximum absolute atomic E-state index is 12.3. The number of hydrogen-bond acceptors (Lipinski definition) is 3. The zero-order valence-corrected chi connectivity index (χ0v) is 11.0. The molecular weight excluding hydrogens is 252 g/mol. The number of hydrogen-bond donors (Lipinski definition) is 2. The van der Waals surface area contributed by atoms with Crippen molar-refractivity contribution >= 4 is 28.2 Å². The normalized spacial score (nSPS) is 10.7. The van der Waals surface area contributed by atoms with Gasteiger partial charge in [-0.05, 0) is 30.3 Å². The Bertz CT molecular complexity index is 774. The van der Waals surface area contributed by atoms with Crippen molar-refractivity contribution in [3.05, 3.63) is 54.2 Å². The van der Waals surface area contributed by atoms with E-state index in [1.807, 2.05) is 31.3 Å². The molecule has 100 valence electrons. The maximum atomic E-state index is 12.3. The SMILES string of the molecule is Cn1nc(C(=O)Nc2ccc(N)cc2)c2ccccc21. The lowest BCUT2D eigenvalue weighted by molar-refractivity contribution is 0.102. The van der Waals surface area contributed by atoms with E-state index in [0.29, 0.717) is 17.1 Å². The minimum Gasteiger partial charge on any atom is -0.399 e. The number of carbonyl (C=O) groups is 1. The standard InChI is InChI=1S/C15H14N4O/c1-19-13-5-3-2-4-12(13)14(18-19)15(20)17-11-8-6-10(16)7-9-11/h2-9H,16H2,1H3,(H,17,20). The van der Waals surface area contributed by atoms with Crippen LogP contribution in [0.5, 0.6) is 0 Å². The molecule has 3 rings (SSSR count). The molecule has 0 aliphatic heterocycles. The topological polar surface area (TPSA) is 72.9 Å². The number of nitrogens with one attached hydrogen (secondary N) is 1. The summed E-state index contributed by atoms with van der Waals surface area (Å²) in [6.45, 7) is 0. The first-order valence-electron chi connectivity index (χ1n) is 6.24. The molecule has 0 bridgehead atoms. The summed E-state index contributed by atoms with van der Waals surface area (Å²) in [5, 5.41) is 7.94. The summed E-state index contributed by atoms with van der Waals surface area (Å²) in [5.41, 5.74) is 8.31. The fourth-order valence-corrected chi connectivity index (χ4v) is 2.14. The minimum absolute atomic E-state index is 0.230. The highest BCUT2D eigenvalue weighted by Gasteiger charge is 2.15. The van der Waals surface area contributed by atoms with Gasteiger partial charge in [0.15, 0.2) is 5.69 Å². The first-order chi connectivity index (χ1) is 9.65. The molecule has 0 fully saturated rings. The quantitative estimate of drug-likeness (QED) is 0.699. The smallest absolute Gasteiger partial charge is 0.276 e. The molecule has 0 unspecified atom stereocenters. The Labute approximate surface area is 116 Å². The maximum Gasteiger partial charge on any atom is 0.276 e. The molecule has 5 heteroatoms. The fourth-order valence-electron chi connectivity index (χ4n) is 2.14. The Kier molecular flexibility index (Phi) is 2.87. The number of benzene rings is 2. The van der Waals surface area contributed by atoms with Crippen molar-refractivity contribution in [2.45, 2.75) is 0 Å². The van der Waals surface area contributed by atoms with E-state index in [9.17, 15) is 4.79 Å². The van der Waals surface area contributed by atoms with Crippen molar-refractivity contribution in [1.29, 1.82) is 0 Å². The van der Waals surface area contributed by atoms with Gasteiger partial charge in [0.1, 0.15) is 0 Å². The van der Waals surface area contributed by atoms with Crippen LogP contribution in [0, 0.1) is 0 Å². The average Bonchev–Trinajstić information content (AvgIpc) is 2.79. The molecule has 0 spiro atoms. The highest BCUT2D eigenvalue weighted by atomic mass is 16.1. The van der Waals surface area contributed by atoms with E-state index < -0.39 is 0 Å². The summed E-state index contributed by atoms with van der Waals surface area (Å²) in [6.07, 6.45) is 0. The number of para-hydroxylation sites is 1. The van der Waals surface area contributed by atoms with Gasteiger partial charge < -0.3 is 11.1 Å². The zero-order chi connectivity index (χ0) is 14.1. The molecule has 20 heavy (non-hydrogen) atoms. The van der Waals surface area contributed by atoms with Gasteiger partial charge in [-0.3, -0.25) is 9.48 Å². The Morgan fingerprint density at radius 3 is 2.60 bits per heavy atom. The molecule has 1 heterocycles. The number of carbonyl (C=O) groups excluding carboxylic acids is 1. The summed E-state index contributed by atoms with van der Waals surface area (Å²) in [5.74, 6) is -0.230. The Balaban J connectivity index is 1.95. The number of nitrogens with zero attached hydrogens (tertiary/aromatic N) is 2. The molecule has 0 saturated heterocycles. The van der Waals surface area contributed by atoms with Gasteiger partial charge in [0.2, 0.25) is 0 Å². The molecule has 0 radical (unpaired) electrons. The van der Waals surface area contributed by atoms with E-state index in [4.69, 9.17) is 5.73 Å². The molecule has 0 atom stereocenters. The molecule has 0 aliphatic carbocycles. The van der Waals surface area contributed by atoms with E-state index >= 15 is 0 Å². The average molecular weight is 266 g/mol. The summed E-state index contributed by atoms with van der Waals surface area (Å²) in [6, 6.07) is 14.6. The van der Waals surface area contributed by atoms with Crippen LogP contribution in [0.1, 0.15) is 10.5 Å². The van der Waals surface area contributed by atoms with Crippen LogP contribution in [0.3, 0.4) is 0 Å². The largest absolute Gasteiger partial charge is 0.399 e. The van der Waals surface area contributed by atoms with Crippen LogP contribution in [-0.4, -0.2) is 15.7 Å². The highest BCUT2D eigenvalue weighted by molar-refractivity contribution is 6.11. The molecule has 0 aliphatic rings. The number of rotatable bonds is 2. The second kappa shape index (κ2) is 4.70. The van der Waals surface area contributed by atoms with Crippen LogP contribution in [0.25, 0.3) is 10.9 Å². The van der Waals surface area contributed by atoms with Crippen LogP contribution >= 0.6 is 0 Å². The summed E-state index contributed by atoms with van der Waals surface area (Å²) in [4.78, 5) is 12.3. The van der Waals surface area contributed by atoms with Crippen molar-refractivity contribution < 1.29 is 4.79 Å². The van der Waals surface area contributed by atoms with Gasteiger partial charge in [0.05, 0.1) is 5.52 Å². The van der Waals surface area contributed by atoms with Crippen LogP contribution in [0.4, 0.5) is 11.4 Å². The third-order valence-corrected chi connectivity index (χ3v) is 3.14. The van der Waals surface area contributed by atoms with Gasteiger partial charge in [-0.1, -0.05) is 18.2 Å². The van der Waals surface area contributed by atoms with Gasteiger partial charge in [0, 0.05) is 23.8 Å². The molecule has 1 aromatic heterocycles. The van der Waals surface area contributed by atoms with Crippen LogP contribution in [0.15, 0.2) is 48.5 Å². The lowest BCUT2D eigenvalue weighted by atomic mass is 10.2. The van der Waals surface area contributed by atoms with Gasteiger partial charge in [-0.25, -0.2) is 0 Å². The number of aryl methyl sites for hydroxylation is 1. The van der Waals surface area contributed by atoms with Crippen LogP contribution in [-0.2, 0) is 7.05 Å². The van der Waals surface area contributed by atoms with E-state index in [-0.39, 0.29) is 5.91 Å². The fraction of sp³-hybridized carbons (Fsp3) is 0.0667. The van der Waals surface area contributed by atoms with Gasteiger partial charge in [-0.15, -0.1) is 0 Å². The summed E-state index contributed by atoms with van der Waals surface area (Å²) < 4.78 is 1.70. The van der Waals surface area contributed by atoms with Crippen molar-refractivity contribution in [1.82, 2.24) is 9.78 Å². The van der Waals surface area contributed by atoms with Crippen molar-refractivity contribution in [2.75, 3.05) is 11.1 Å². The third-order valence-electron chi connectivity index (χ3n) is 3.14. The molecule has 3 N–H and O–H groups in total. The monoisotopic (exact) mass is 266 g/mol. The van der Waals surface area contributed by atoms with Crippen LogP contribution < -0.4 is 11.1 Å². The molecule has 0 saturated carbocycles. The summed E-state index contributed by atoms with van der Waals surface area (Å²) >= 11 is 0. The first kappa shape index (κ1) is 12.2. The lowest BCUT2D eigenvalue weighted by Crippen LogP contribution is -2.13. The molecule has 5 nitrogen and oxygen atoms in total. The lowest BCUT2D eigenvalue weighted by Gasteiger charge is -2.03. The second-order valence-corrected chi connectivity index (χ2v) is 4.57. The molecule has 1 amide bonds. The third kappa shape index (κ3) is 2.09. The Hall–Kier alpha value is -2.82. The molecular formula is C15H14N4O. The van der Waals surface area contributed by atoms with E-state index in [0.717, 1.165) is 10.9 Å². The number of anilines is 2. The van der Waals surface area contributed by atoms with Crippen molar-refractivity contribution in [3.8, 4) is 0 Å². The minimum atomic E-state index is -0.230.